The Labute approximate surface area is 189 Å². The van der Waals surface area contributed by atoms with Gasteiger partial charge in [0, 0.05) is 50.5 Å². The van der Waals surface area contributed by atoms with Crippen molar-refractivity contribution in [3.05, 3.63) is 45.6 Å². The van der Waals surface area contributed by atoms with E-state index in [1.54, 1.807) is 20.3 Å². The van der Waals surface area contributed by atoms with E-state index in [2.05, 4.69) is 16.7 Å². The van der Waals surface area contributed by atoms with Gasteiger partial charge in [0.2, 0.25) is 0 Å². The molecular weight excluding hydrogens is 410 g/mol. The first-order valence-electron chi connectivity index (χ1n) is 11.3. The number of benzene rings is 1. The van der Waals surface area contributed by atoms with Crippen LogP contribution in [-0.2, 0) is 27.2 Å². The average molecular weight is 444 g/mol. The van der Waals surface area contributed by atoms with Crippen LogP contribution < -0.4 is 14.9 Å². The molecule has 1 fully saturated rings. The second-order valence-corrected chi connectivity index (χ2v) is 8.56. The largest absolute Gasteiger partial charge is 0.493 e. The van der Waals surface area contributed by atoms with Gasteiger partial charge in [-0.2, -0.15) is 0 Å². The van der Waals surface area contributed by atoms with Crippen molar-refractivity contribution in [2.24, 2.45) is 5.92 Å². The van der Waals surface area contributed by atoms with Crippen molar-refractivity contribution in [3.8, 4) is 22.9 Å². The van der Waals surface area contributed by atoms with Gasteiger partial charge in [-0.1, -0.05) is 0 Å². The highest BCUT2D eigenvalue weighted by molar-refractivity contribution is 5.70. The molecule has 1 saturated heterocycles. The summed E-state index contributed by atoms with van der Waals surface area (Å²) in [5.41, 5.74) is 3.87. The summed E-state index contributed by atoms with van der Waals surface area (Å²) in [5, 5.41) is 0. The minimum atomic E-state index is -0.196. The first kappa shape index (κ1) is 22.8. The second-order valence-electron chi connectivity index (χ2n) is 8.56. The molecule has 32 heavy (non-hydrogen) atoms. The van der Waals surface area contributed by atoms with Gasteiger partial charge in [0.25, 0.3) is 0 Å². The Hall–Kier alpha value is -2.35. The van der Waals surface area contributed by atoms with E-state index < -0.39 is 0 Å². The summed E-state index contributed by atoms with van der Waals surface area (Å²) < 4.78 is 30.3. The van der Waals surface area contributed by atoms with Crippen molar-refractivity contribution < 1.29 is 23.7 Å². The molecule has 1 aromatic heterocycles. The van der Waals surface area contributed by atoms with Gasteiger partial charge in [0.1, 0.15) is 18.5 Å². The van der Waals surface area contributed by atoms with Gasteiger partial charge in [0.15, 0.2) is 11.3 Å². The molecule has 0 spiro atoms. The molecule has 0 bridgehead atoms. The second kappa shape index (κ2) is 10.5. The molecule has 2 aliphatic rings. The summed E-state index contributed by atoms with van der Waals surface area (Å²) in [6.45, 7) is 5.67. The number of aryl methyl sites for hydroxylation is 1. The molecule has 0 radical (unpaired) electrons. The smallest absolute Gasteiger partial charge is 0.197 e. The van der Waals surface area contributed by atoms with Crippen molar-refractivity contribution >= 4 is 0 Å². The summed E-state index contributed by atoms with van der Waals surface area (Å²) in [7, 11) is 3.25. The van der Waals surface area contributed by atoms with E-state index in [0.717, 1.165) is 61.6 Å². The van der Waals surface area contributed by atoms with Crippen LogP contribution in [0, 0.1) is 12.8 Å². The Morgan fingerprint density at radius 1 is 1.19 bits per heavy atom. The molecule has 0 N–H and O–H groups in total. The van der Waals surface area contributed by atoms with Gasteiger partial charge in [-0.25, -0.2) is 0 Å². The van der Waals surface area contributed by atoms with Crippen molar-refractivity contribution in [1.29, 1.82) is 0 Å². The number of aromatic nitrogens is 1. The number of nitrogens with zero attached hydrogens (tertiary/aromatic N) is 1. The molecule has 1 aromatic carbocycles. The zero-order valence-corrected chi connectivity index (χ0v) is 19.2. The van der Waals surface area contributed by atoms with Crippen LogP contribution in [0.5, 0.6) is 11.6 Å². The predicted octanol–water partition coefficient (Wildman–Crippen LogP) is 3.23. The topological polar surface area (TPSA) is 68.2 Å². The number of ether oxygens (including phenoxy) is 5. The zero-order valence-electron chi connectivity index (χ0n) is 19.2. The van der Waals surface area contributed by atoms with Crippen molar-refractivity contribution in [3.63, 3.8) is 0 Å². The third-order valence-electron chi connectivity index (χ3n) is 6.30. The maximum Gasteiger partial charge on any atom is 0.197 e. The highest BCUT2D eigenvalue weighted by Crippen LogP contribution is 2.35. The van der Waals surface area contributed by atoms with Crippen LogP contribution in [0.25, 0.3) is 11.3 Å². The number of pyridine rings is 1. The highest BCUT2D eigenvalue weighted by Gasteiger charge is 2.23. The number of fused-ring (bicyclic) bond motifs is 3. The normalized spacial score (nSPS) is 18.5. The van der Waals surface area contributed by atoms with Crippen LogP contribution >= 0.6 is 0 Å². The van der Waals surface area contributed by atoms with Crippen LogP contribution in [0.2, 0.25) is 0 Å². The van der Waals surface area contributed by atoms with E-state index >= 15 is 0 Å². The minimum absolute atomic E-state index is 0.0302. The van der Waals surface area contributed by atoms with Crippen LogP contribution in [0.4, 0.5) is 0 Å². The zero-order chi connectivity index (χ0) is 22.5. The fraction of sp³-hybridized carbons (Fsp3) is 0.560. The van der Waals surface area contributed by atoms with Gasteiger partial charge in [-0.3, -0.25) is 4.79 Å². The molecule has 2 aromatic rings. The van der Waals surface area contributed by atoms with E-state index in [1.807, 2.05) is 13.0 Å². The van der Waals surface area contributed by atoms with Crippen LogP contribution in [0.15, 0.2) is 29.1 Å². The van der Waals surface area contributed by atoms with Gasteiger partial charge >= 0.3 is 0 Å². The average Bonchev–Trinajstić information content (AvgIpc) is 2.83. The summed E-state index contributed by atoms with van der Waals surface area (Å²) in [5.74, 6) is 1.89. The lowest BCUT2D eigenvalue weighted by Crippen LogP contribution is -2.28. The highest BCUT2D eigenvalue weighted by atomic mass is 16.6. The molecule has 7 heteroatoms. The summed E-state index contributed by atoms with van der Waals surface area (Å²) >= 11 is 0. The third-order valence-corrected chi connectivity index (χ3v) is 6.30. The molecule has 0 aliphatic carbocycles. The van der Waals surface area contributed by atoms with Crippen molar-refractivity contribution in [2.75, 3.05) is 47.3 Å². The van der Waals surface area contributed by atoms with E-state index in [1.165, 1.54) is 5.56 Å². The van der Waals surface area contributed by atoms with Gasteiger partial charge in [-0.15, -0.1) is 0 Å². The lowest BCUT2D eigenvalue weighted by Gasteiger charge is -2.28. The molecule has 0 amide bonds. The summed E-state index contributed by atoms with van der Waals surface area (Å²) in [6, 6.07) is 7.74. The maximum atomic E-state index is 12.7. The first-order chi connectivity index (χ1) is 15.6. The number of methoxy groups -OCH3 is 2. The molecule has 0 saturated carbocycles. The van der Waals surface area contributed by atoms with Gasteiger partial charge in [-0.05, 0) is 49.9 Å². The Balaban J connectivity index is 1.56. The quantitative estimate of drug-likeness (QED) is 0.593. The molecule has 2 atom stereocenters. The van der Waals surface area contributed by atoms with Crippen LogP contribution in [0.1, 0.15) is 24.0 Å². The molecule has 3 heterocycles. The standard InChI is InChI=1S/C25H33NO6/c1-17-23(27)12-24(32-16-21(29-3)15-28-2)26-9-8-19-11-20(6-7-22(19)25(17)26)31-14-18-5-4-10-30-13-18/h6-7,11-12,18,21H,4-5,8-10,13-16H2,1-3H3/t18?,21-/m0/s1. The lowest BCUT2D eigenvalue weighted by molar-refractivity contribution is -0.000948. The SMILES string of the molecule is COC[C@@H](COc1cc(=O)c(C)c2n1CCc1cc(OCC3CCCOC3)ccc1-2)OC. The monoisotopic (exact) mass is 443 g/mol. The Morgan fingerprint density at radius 2 is 2.06 bits per heavy atom. The van der Waals surface area contributed by atoms with E-state index in [4.69, 9.17) is 23.7 Å². The molecule has 4 rings (SSSR count). The first-order valence-corrected chi connectivity index (χ1v) is 11.3. The van der Waals surface area contributed by atoms with E-state index in [-0.39, 0.29) is 11.5 Å². The van der Waals surface area contributed by atoms with Crippen LogP contribution in [-0.4, -0.2) is 57.9 Å². The summed E-state index contributed by atoms with van der Waals surface area (Å²) in [6.07, 6.45) is 2.90. The molecule has 174 valence electrons. The Morgan fingerprint density at radius 3 is 2.81 bits per heavy atom. The van der Waals surface area contributed by atoms with Crippen molar-refractivity contribution in [2.45, 2.75) is 38.8 Å². The van der Waals surface area contributed by atoms with Crippen molar-refractivity contribution in [1.82, 2.24) is 4.57 Å². The Kier molecular flexibility index (Phi) is 7.50. The fourth-order valence-electron chi connectivity index (χ4n) is 4.45. The molecular formula is C25H33NO6. The Bertz CT molecular complexity index is 979. The molecule has 1 unspecified atom stereocenters. The molecule has 2 aliphatic heterocycles. The fourth-order valence-corrected chi connectivity index (χ4v) is 4.45. The number of hydrogen-bond acceptors (Lipinski definition) is 6. The number of rotatable bonds is 9. The van der Waals surface area contributed by atoms with Gasteiger partial charge < -0.3 is 28.3 Å². The van der Waals surface area contributed by atoms with E-state index in [9.17, 15) is 4.79 Å². The predicted molar refractivity (Wildman–Crippen MR) is 122 cm³/mol. The van der Waals surface area contributed by atoms with E-state index in [0.29, 0.717) is 31.6 Å². The molecule has 7 nitrogen and oxygen atoms in total. The summed E-state index contributed by atoms with van der Waals surface area (Å²) in [4.78, 5) is 12.7. The lowest BCUT2D eigenvalue weighted by atomic mass is 9.94. The maximum absolute atomic E-state index is 12.7. The van der Waals surface area contributed by atoms with Gasteiger partial charge in [0.05, 0.1) is 25.5 Å². The minimum Gasteiger partial charge on any atom is -0.493 e. The number of hydrogen-bond donors (Lipinski definition) is 0. The third kappa shape index (κ3) is 5.00. The van der Waals surface area contributed by atoms with Crippen LogP contribution in [0.3, 0.4) is 0 Å².